The van der Waals surface area contributed by atoms with Crippen LogP contribution in [0.4, 0.5) is 0 Å². The lowest BCUT2D eigenvalue weighted by molar-refractivity contribution is 0.101. The van der Waals surface area contributed by atoms with Gasteiger partial charge in [0, 0.05) is 19.6 Å². The normalized spacial score (nSPS) is 18.6. The van der Waals surface area contributed by atoms with E-state index in [9.17, 15) is 13.2 Å². The summed E-state index contributed by atoms with van der Waals surface area (Å²) in [5, 5.41) is 0. The second-order valence-corrected chi connectivity index (χ2v) is 7.20. The molecule has 1 aliphatic heterocycles. The number of para-hydroxylation sites is 1. The highest BCUT2D eigenvalue weighted by atomic mass is 32.2. The van der Waals surface area contributed by atoms with Crippen molar-refractivity contribution < 1.29 is 17.9 Å². The van der Waals surface area contributed by atoms with Crippen LogP contribution in [0.15, 0.2) is 24.3 Å². The Morgan fingerprint density at radius 2 is 1.90 bits per heavy atom. The van der Waals surface area contributed by atoms with Crippen molar-refractivity contribution in [2.24, 2.45) is 0 Å². The number of carbonyl (C=O) groups is 1. The van der Waals surface area contributed by atoms with Gasteiger partial charge in [0.1, 0.15) is 12.4 Å². The van der Waals surface area contributed by atoms with Gasteiger partial charge >= 0.3 is 0 Å². The molecule has 0 spiro atoms. The monoisotopic (exact) mass is 297 g/mol. The summed E-state index contributed by atoms with van der Waals surface area (Å²) in [7, 11) is -2.84. The minimum absolute atomic E-state index is 0.0235. The third-order valence-corrected chi connectivity index (χ3v) is 4.98. The minimum atomic E-state index is -2.84. The molecule has 0 bridgehead atoms. The van der Waals surface area contributed by atoms with E-state index in [1.165, 1.54) is 6.92 Å². The van der Waals surface area contributed by atoms with Crippen LogP contribution in [-0.4, -0.2) is 56.8 Å². The van der Waals surface area contributed by atoms with E-state index in [-0.39, 0.29) is 17.3 Å². The minimum Gasteiger partial charge on any atom is -0.491 e. The number of hydrogen-bond donors (Lipinski definition) is 0. The third kappa shape index (κ3) is 4.05. The number of ether oxygens (including phenoxy) is 1. The van der Waals surface area contributed by atoms with Crippen LogP contribution in [0, 0.1) is 0 Å². The lowest BCUT2D eigenvalue weighted by atomic mass is 10.1. The van der Waals surface area contributed by atoms with Gasteiger partial charge in [-0.05, 0) is 19.1 Å². The highest BCUT2D eigenvalue weighted by molar-refractivity contribution is 7.91. The smallest absolute Gasteiger partial charge is 0.163 e. The van der Waals surface area contributed by atoms with E-state index >= 15 is 0 Å². The maximum absolute atomic E-state index is 11.4. The number of benzene rings is 1. The van der Waals surface area contributed by atoms with E-state index in [4.69, 9.17) is 4.74 Å². The molecule has 1 aromatic rings. The van der Waals surface area contributed by atoms with E-state index < -0.39 is 9.84 Å². The van der Waals surface area contributed by atoms with Crippen molar-refractivity contribution >= 4 is 15.6 Å². The van der Waals surface area contributed by atoms with Crippen molar-refractivity contribution in [3.63, 3.8) is 0 Å². The van der Waals surface area contributed by atoms with Gasteiger partial charge in [-0.3, -0.25) is 9.69 Å². The molecule has 0 N–H and O–H groups in total. The van der Waals surface area contributed by atoms with E-state index in [1.54, 1.807) is 18.2 Å². The Morgan fingerprint density at radius 3 is 2.55 bits per heavy atom. The first-order valence-electron chi connectivity index (χ1n) is 6.63. The first-order chi connectivity index (χ1) is 9.48. The molecule has 5 nitrogen and oxygen atoms in total. The highest BCUT2D eigenvalue weighted by Crippen LogP contribution is 2.18. The largest absolute Gasteiger partial charge is 0.491 e. The molecule has 1 heterocycles. The lowest BCUT2D eigenvalue weighted by Gasteiger charge is -2.26. The van der Waals surface area contributed by atoms with E-state index in [2.05, 4.69) is 4.90 Å². The van der Waals surface area contributed by atoms with Crippen molar-refractivity contribution in [3.8, 4) is 5.75 Å². The summed E-state index contributed by atoms with van der Waals surface area (Å²) in [4.78, 5) is 13.5. The van der Waals surface area contributed by atoms with Crippen molar-refractivity contribution in [3.05, 3.63) is 29.8 Å². The number of Topliss-reactive ketones (excluding diaryl/α,β-unsaturated/α-hetero) is 1. The number of ketones is 1. The van der Waals surface area contributed by atoms with Crippen LogP contribution in [0.2, 0.25) is 0 Å². The number of hydrogen-bond acceptors (Lipinski definition) is 5. The summed E-state index contributed by atoms with van der Waals surface area (Å²) in [6.45, 7) is 3.74. The fraction of sp³-hybridized carbons (Fsp3) is 0.500. The van der Waals surface area contributed by atoms with E-state index in [0.29, 0.717) is 37.6 Å². The summed E-state index contributed by atoms with van der Waals surface area (Å²) >= 11 is 0. The summed E-state index contributed by atoms with van der Waals surface area (Å²) in [5.41, 5.74) is 0.578. The van der Waals surface area contributed by atoms with Crippen molar-refractivity contribution in [1.82, 2.24) is 4.90 Å². The number of sulfone groups is 1. The first-order valence-corrected chi connectivity index (χ1v) is 8.46. The molecular weight excluding hydrogens is 278 g/mol. The zero-order valence-corrected chi connectivity index (χ0v) is 12.4. The van der Waals surface area contributed by atoms with Gasteiger partial charge in [0.15, 0.2) is 15.6 Å². The quantitative estimate of drug-likeness (QED) is 0.759. The van der Waals surface area contributed by atoms with Crippen molar-refractivity contribution in [2.45, 2.75) is 6.92 Å². The van der Waals surface area contributed by atoms with E-state index in [0.717, 1.165) is 0 Å². The van der Waals surface area contributed by atoms with Crippen LogP contribution in [0.5, 0.6) is 5.75 Å². The summed E-state index contributed by atoms with van der Waals surface area (Å²) < 4.78 is 28.3. The molecule has 20 heavy (non-hydrogen) atoms. The van der Waals surface area contributed by atoms with Gasteiger partial charge in [-0.25, -0.2) is 8.42 Å². The average Bonchev–Trinajstić information content (AvgIpc) is 2.41. The molecule has 0 saturated carbocycles. The van der Waals surface area contributed by atoms with Gasteiger partial charge in [-0.2, -0.15) is 0 Å². The molecule has 6 heteroatoms. The Kier molecular flexibility index (Phi) is 4.77. The average molecular weight is 297 g/mol. The van der Waals surface area contributed by atoms with Crippen LogP contribution < -0.4 is 4.74 Å². The zero-order valence-electron chi connectivity index (χ0n) is 11.5. The zero-order chi connectivity index (χ0) is 14.6. The summed E-state index contributed by atoms with van der Waals surface area (Å²) in [6.07, 6.45) is 0. The lowest BCUT2D eigenvalue weighted by Crippen LogP contribution is -2.42. The molecule has 1 aliphatic rings. The molecule has 1 aromatic carbocycles. The fourth-order valence-electron chi connectivity index (χ4n) is 2.14. The van der Waals surface area contributed by atoms with Crippen LogP contribution in [0.1, 0.15) is 17.3 Å². The third-order valence-electron chi connectivity index (χ3n) is 3.37. The number of rotatable bonds is 5. The van der Waals surface area contributed by atoms with Gasteiger partial charge in [0.2, 0.25) is 0 Å². The Morgan fingerprint density at radius 1 is 1.25 bits per heavy atom. The Labute approximate surface area is 119 Å². The Bertz CT molecular complexity index is 569. The maximum Gasteiger partial charge on any atom is 0.163 e. The maximum atomic E-state index is 11.4. The summed E-state index contributed by atoms with van der Waals surface area (Å²) in [6, 6.07) is 7.15. The molecule has 0 aromatic heterocycles. The Hall–Kier alpha value is -1.40. The fourth-order valence-corrected chi connectivity index (χ4v) is 3.42. The molecule has 0 aliphatic carbocycles. The molecule has 1 fully saturated rings. The van der Waals surface area contributed by atoms with Crippen molar-refractivity contribution in [1.29, 1.82) is 0 Å². The van der Waals surface area contributed by atoms with Crippen LogP contribution in [0.25, 0.3) is 0 Å². The van der Waals surface area contributed by atoms with Gasteiger partial charge in [0.25, 0.3) is 0 Å². The highest BCUT2D eigenvalue weighted by Gasteiger charge is 2.21. The van der Waals surface area contributed by atoms with Gasteiger partial charge in [0.05, 0.1) is 17.1 Å². The van der Waals surface area contributed by atoms with Crippen LogP contribution in [0.3, 0.4) is 0 Å². The van der Waals surface area contributed by atoms with Gasteiger partial charge in [-0.1, -0.05) is 12.1 Å². The molecule has 110 valence electrons. The predicted octanol–water partition coefficient (Wildman–Crippen LogP) is 0.998. The second kappa shape index (κ2) is 6.37. The van der Waals surface area contributed by atoms with E-state index in [1.807, 2.05) is 6.07 Å². The molecule has 0 amide bonds. The molecule has 0 radical (unpaired) electrons. The Balaban J connectivity index is 1.84. The van der Waals surface area contributed by atoms with Crippen LogP contribution >= 0.6 is 0 Å². The first kappa shape index (κ1) is 15.0. The van der Waals surface area contributed by atoms with Gasteiger partial charge < -0.3 is 4.74 Å². The van der Waals surface area contributed by atoms with Crippen molar-refractivity contribution in [2.75, 3.05) is 37.7 Å². The topological polar surface area (TPSA) is 63.7 Å². The molecule has 0 unspecified atom stereocenters. The van der Waals surface area contributed by atoms with Crippen LogP contribution in [-0.2, 0) is 9.84 Å². The number of carbonyl (C=O) groups excluding carboxylic acids is 1. The van der Waals surface area contributed by atoms with Gasteiger partial charge in [-0.15, -0.1) is 0 Å². The number of nitrogens with zero attached hydrogens (tertiary/aromatic N) is 1. The standard InChI is InChI=1S/C14H19NO4S/c1-12(16)13-4-2-3-5-14(13)19-9-6-15-7-10-20(17,18)11-8-15/h2-5H,6-11H2,1H3. The SMILES string of the molecule is CC(=O)c1ccccc1OCCN1CCS(=O)(=O)CC1. The molecule has 2 rings (SSSR count). The summed E-state index contributed by atoms with van der Waals surface area (Å²) in [5.74, 6) is 1.00. The molecular formula is C14H19NO4S. The predicted molar refractivity (Wildman–Crippen MR) is 77.0 cm³/mol. The molecule has 1 saturated heterocycles. The molecule has 0 atom stereocenters. The second-order valence-electron chi connectivity index (χ2n) is 4.89.